The van der Waals surface area contributed by atoms with E-state index in [4.69, 9.17) is 4.42 Å². The third-order valence-electron chi connectivity index (χ3n) is 2.99. The maximum absolute atomic E-state index is 13.5. The maximum atomic E-state index is 13.5. The minimum atomic E-state index is -0.142. The van der Waals surface area contributed by atoms with E-state index in [0.29, 0.717) is 6.42 Å². The summed E-state index contributed by atoms with van der Waals surface area (Å²) in [5.41, 5.74) is 0.740. The van der Waals surface area contributed by atoms with Gasteiger partial charge in [0, 0.05) is 6.04 Å². The minimum absolute atomic E-state index is 0.127. The van der Waals surface area contributed by atoms with Gasteiger partial charge in [-0.3, -0.25) is 0 Å². The molecule has 0 aliphatic heterocycles. The SMILES string of the molecule is CC(Cc1ccccc1F)NC(C)c1ccco1. The van der Waals surface area contributed by atoms with Crippen LogP contribution in [0.25, 0.3) is 0 Å². The van der Waals surface area contributed by atoms with Crippen LogP contribution in [-0.4, -0.2) is 6.04 Å². The zero-order chi connectivity index (χ0) is 13.0. The highest BCUT2D eigenvalue weighted by Crippen LogP contribution is 2.15. The molecular weight excluding hydrogens is 229 g/mol. The van der Waals surface area contributed by atoms with Crippen LogP contribution < -0.4 is 5.32 Å². The van der Waals surface area contributed by atoms with Gasteiger partial charge in [-0.05, 0) is 44.0 Å². The van der Waals surface area contributed by atoms with Crippen LogP contribution in [0.5, 0.6) is 0 Å². The third kappa shape index (κ3) is 3.20. The second-order valence-corrected chi connectivity index (χ2v) is 4.60. The van der Waals surface area contributed by atoms with Crippen molar-refractivity contribution < 1.29 is 8.81 Å². The molecule has 0 fully saturated rings. The van der Waals surface area contributed by atoms with Crippen molar-refractivity contribution in [3.8, 4) is 0 Å². The molecule has 1 aromatic heterocycles. The summed E-state index contributed by atoms with van der Waals surface area (Å²) in [4.78, 5) is 0. The Kier molecular flexibility index (Phi) is 4.15. The second kappa shape index (κ2) is 5.83. The molecule has 0 saturated carbocycles. The Balaban J connectivity index is 1.93. The molecule has 0 aliphatic rings. The van der Waals surface area contributed by atoms with Crippen LogP contribution >= 0.6 is 0 Å². The van der Waals surface area contributed by atoms with Crippen molar-refractivity contribution in [2.75, 3.05) is 0 Å². The number of halogens is 1. The maximum Gasteiger partial charge on any atom is 0.126 e. The Morgan fingerprint density at radius 1 is 1.17 bits per heavy atom. The Hall–Kier alpha value is -1.61. The summed E-state index contributed by atoms with van der Waals surface area (Å²) in [5.74, 6) is 0.757. The summed E-state index contributed by atoms with van der Waals surface area (Å²) < 4.78 is 18.8. The lowest BCUT2D eigenvalue weighted by Crippen LogP contribution is -2.30. The molecule has 1 aromatic carbocycles. The number of hydrogen-bond donors (Lipinski definition) is 1. The molecule has 18 heavy (non-hydrogen) atoms. The van der Waals surface area contributed by atoms with Crippen molar-refractivity contribution in [2.45, 2.75) is 32.4 Å². The first-order valence-corrected chi connectivity index (χ1v) is 6.19. The Morgan fingerprint density at radius 3 is 2.61 bits per heavy atom. The van der Waals surface area contributed by atoms with Gasteiger partial charge < -0.3 is 9.73 Å². The predicted molar refractivity (Wildman–Crippen MR) is 69.8 cm³/mol. The van der Waals surface area contributed by atoms with Crippen LogP contribution in [0.2, 0.25) is 0 Å². The van der Waals surface area contributed by atoms with E-state index in [-0.39, 0.29) is 17.9 Å². The first-order valence-electron chi connectivity index (χ1n) is 6.19. The number of benzene rings is 1. The smallest absolute Gasteiger partial charge is 0.126 e. The van der Waals surface area contributed by atoms with Gasteiger partial charge in [0.15, 0.2) is 0 Å². The predicted octanol–water partition coefficient (Wildman–Crippen LogP) is 3.70. The standard InChI is InChI=1S/C15H18FNO/c1-11(10-13-6-3-4-7-14(13)16)17-12(2)15-8-5-9-18-15/h3-9,11-12,17H,10H2,1-2H3. The quantitative estimate of drug-likeness (QED) is 0.871. The molecule has 0 saturated heterocycles. The van der Waals surface area contributed by atoms with Crippen molar-refractivity contribution in [3.05, 3.63) is 59.8 Å². The number of nitrogens with one attached hydrogen (secondary N) is 1. The van der Waals surface area contributed by atoms with Gasteiger partial charge in [0.2, 0.25) is 0 Å². The van der Waals surface area contributed by atoms with Gasteiger partial charge in [-0.2, -0.15) is 0 Å². The van der Waals surface area contributed by atoms with E-state index in [9.17, 15) is 4.39 Å². The molecule has 1 N–H and O–H groups in total. The summed E-state index contributed by atoms with van der Waals surface area (Å²) in [6.45, 7) is 4.09. The largest absolute Gasteiger partial charge is 0.468 e. The zero-order valence-electron chi connectivity index (χ0n) is 10.7. The van der Waals surface area contributed by atoms with E-state index in [1.807, 2.05) is 38.1 Å². The van der Waals surface area contributed by atoms with Crippen molar-refractivity contribution in [1.82, 2.24) is 5.32 Å². The van der Waals surface area contributed by atoms with Gasteiger partial charge in [0.25, 0.3) is 0 Å². The van der Waals surface area contributed by atoms with E-state index < -0.39 is 0 Å². The average Bonchev–Trinajstić information content (AvgIpc) is 2.85. The van der Waals surface area contributed by atoms with E-state index >= 15 is 0 Å². The molecule has 0 bridgehead atoms. The first kappa shape index (κ1) is 12.8. The fraction of sp³-hybridized carbons (Fsp3) is 0.333. The van der Waals surface area contributed by atoms with E-state index in [1.54, 1.807) is 12.3 Å². The van der Waals surface area contributed by atoms with Crippen LogP contribution in [0.4, 0.5) is 4.39 Å². The van der Waals surface area contributed by atoms with Gasteiger partial charge in [-0.25, -0.2) is 4.39 Å². The molecule has 1 heterocycles. The molecule has 2 aromatic rings. The molecule has 0 aliphatic carbocycles. The fourth-order valence-corrected chi connectivity index (χ4v) is 2.10. The number of hydrogen-bond acceptors (Lipinski definition) is 2. The Morgan fingerprint density at radius 2 is 1.94 bits per heavy atom. The average molecular weight is 247 g/mol. The summed E-state index contributed by atoms with van der Waals surface area (Å²) in [5, 5.41) is 3.40. The van der Waals surface area contributed by atoms with Crippen LogP contribution in [0.15, 0.2) is 47.1 Å². The molecule has 0 spiro atoms. The molecule has 0 radical (unpaired) electrons. The van der Waals surface area contributed by atoms with Crippen LogP contribution in [-0.2, 0) is 6.42 Å². The van der Waals surface area contributed by atoms with Crippen molar-refractivity contribution >= 4 is 0 Å². The third-order valence-corrected chi connectivity index (χ3v) is 2.99. The van der Waals surface area contributed by atoms with Crippen molar-refractivity contribution in [1.29, 1.82) is 0 Å². The van der Waals surface area contributed by atoms with Crippen molar-refractivity contribution in [3.63, 3.8) is 0 Å². The lowest BCUT2D eigenvalue weighted by atomic mass is 10.1. The number of rotatable bonds is 5. The molecule has 2 unspecified atom stereocenters. The van der Waals surface area contributed by atoms with E-state index in [1.165, 1.54) is 6.07 Å². The molecular formula is C15H18FNO. The van der Waals surface area contributed by atoms with Gasteiger partial charge in [0.1, 0.15) is 11.6 Å². The summed E-state index contributed by atoms with van der Waals surface area (Å²) in [7, 11) is 0. The molecule has 3 heteroatoms. The Labute approximate surface area is 107 Å². The summed E-state index contributed by atoms with van der Waals surface area (Å²) in [6.07, 6.45) is 2.33. The molecule has 2 atom stereocenters. The monoisotopic (exact) mass is 247 g/mol. The minimum Gasteiger partial charge on any atom is -0.468 e. The fourth-order valence-electron chi connectivity index (χ4n) is 2.10. The normalized spacial score (nSPS) is 14.4. The Bertz CT molecular complexity index is 481. The topological polar surface area (TPSA) is 25.2 Å². The first-order chi connectivity index (χ1) is 8.66. The zero-order valence-corrected chi connectivity index (χ0v) is 10.7. The second-order valence-electron chi connectivity index (χ2n) is 4.60. The summed E-state index contributed by atoms with van der Waals surface area (Å²) >= 11 is 0. The molecule has 2 nitrogen and oxygen atoms in total. The van der Waals surface area contributed by atoms with Gasteiger partial charge >= 0.3 is 0 Å². The van der Waals surface area contributed by atoms with Gasteiger partial charge in [0.05, 0.1) is 12.3 Å². The highest BCUT2D eigenvalue weighted by Gasteiger charge is 2.13. The highest BCUT2D eigenvalue weighted by molar-refractivity contribution is 5.18. The van der Waals surface area contributed by atoms with E-state index in [0.717, 1.165) is 11.3 Å². The molecule has 0 amide bonds. The lowest BCUT2D eigenvalue weighted by Gasteiger charge is -2.18. The highest BCUT2D eigenvalue weighted by atomic mass is 19.1. The molecule has 2 rings (SSSR count). The van der Waals surface area contributed by atoms with Gasteiger partial charge in [-0.15, -0.1) is 0 Å². The molecule has 96 valence electrons. The van der Waals surface area contributed by atoms with Crippen LogP contribution in [0, 0.1) is 5.82 Å². The van der Waals surface area contributed by atoms with Gasteiger partial charge in [-0.1, -0.05) is 18.2 Å². The van der Waals surface area contributed by atoms with Crippen molar-refractivity contribution in [2.24, 2.45) is 0 Å². The number of furan rings is 1. The lowest BCUT2D eigenvalue weighted by molar-refractivity contribution is 0.395. The van der Waals surface area contributed by atoms with E-state index in [2.05, 4.69) is 5.32 Å². The van der Waals surface area contributed by atoms with Crippen LogP contribution in [0.3, 0.4) is 0 Å². The summed E-state index contributed by atoms with van der Waals surface area (Å²) in [6, 6.07) is 11.0. The van der Waals surface area contributed by atoms with Crippen LogP contribution in [0.1, 0.15) is 31.2 Å².